The van der Waals surface area contributed by atoms with Gasteiger partial charge in [-0.05, 0) is 44.7 Å². The molecule has 1 aliphatic carbocycles. The molecule has 0 radical (unpaired) electrons. The SMILES string of the molecule is Cc1c(OC2CCC(N)CC2)ccc(C#N)c1F. The Morgan fingerprint density at radius 2 is 2.00 bits per heavy atom. The largest absolute Gasteiger partial charge is 0.490 e. The minimum absolute atomic E-state index is 0.0607. The Bertz CT molecular complexity index is 473. The van der Waals surface area contributed by atoms with Crippen LogP contribution in [0.4, 0.5) is 4.39 Å². The van der Waals surface area contributed by atoms with Gasteiger partial charge < -0.3 is 10.5 Å². The Morgan fingerprint density at radius 1 is 1.33 bits per heavy atom. The van der Waals surface area contributed by atoms with E-state index in [1.807, 2.05) is 6.07 Å². The summed E-state index contributed by atoms with van der Waals surface area (Å²) in [6, 6.07) is 5.23. The van der Waals surface area contributed by atoms with Crippen molar-refractivity contribution in [3.8, 4) is 11.8 Å². The van der Waals surface area contributed by atoms with Crippen LogP contribution < -0.4 is 10.5 Å². The molecule has 96 valence electrons. The molecule has 0 amide bonds. The second kappa shape index (κ2) is 5.36. The van der Waals surface area contributed by atoms with Crippen LogP contribution in [0.3, 0.4) is 0 Å². The van der Waals surface area contributed by atoms with Gasteiger partial charge in [0.25, 0.3) is 0 Å². The molecule has 0 aromatic heterocycles. The van der Waals surface area contributed by atoms with E-state index in [1.165, 1.54) is 6.07 Å². The summed E-state index contributed by atoms with van der Waals surface area (Å²) >= 11 is 0. The molecule has 18 heavy (non-hydrogen) atoms. The average Bonchev–Trinajstić information content (AvgIpc) is 2.38. The lowest BCUT2D eigenvalue weighted by Gasteiger charge is -2.27. The van der Waals surface area contributed by atoms with E-state index in [4.69, 9.17) is 15.7 Å². The van der Waals surface area contributed by atoms with Gasteiger partial charge in [-0.2, -0.15) is 5.26 Å². The molecule has 0 bridgehead atoms. The van der Waals surface area contributed by atoms with Crippen molar-refractivity contribution in [1.82, 2.24) is 0 Å². The number of hydrogen-bond acceptors (Lipinski definition) is 3. The minimum Gasteiger partial charge on any atom is -0.490 e. The van der Waals surface area contributed by atoms with E-state index >= 15 is 0 Å². The highest BCUT2D eigenvalue weighted by molar-refractivity contribution is 5.43. The molecule has 0 spiro atoms. The van der Waals surface area contributed by atoms with Crippen LogP contribution in [0.5, 0.6) is 5.75 Å². The highest BCUT2D eigenvalue weighted by Gasteiger charge is 2.21. The summed E-state index contributed by atoms with van der Waals surface area (Å²) in [6.07, 6.45) is 3.81. The predicted molar refractivity (Wildman–Crippen MR) is 66.7 cm³/mol. The lowest BCUT2D eigenvalue weighted by molar-refractivity contribution is 0.145. The molecule has 1 saturated carbocycles. The molecule has 0 unspecified atom stereocenters. The monoisotopic (exact) mass is 248 g/mol. The van der Waals surface area contributed by atoms with Gasteiger partial charge in [-0.3, -0.25) is 0 Å². The number of benzene rings is 1. The molecule has 1 aliphatic rings. The van der Waals surface area contributed by atoms with Crippen molar-refractivity contribution in [2.45, 2.75) is 44.8 Å². The van der Waals surface area contributed by atoms with Crippen molar-refractivity contribution in [3.05, 3.63) is 29.1 Å². The van der Waals surface area contributed by atoms with E-state index in [-0.39, 0.29) is 17.7 Å². The fraction of sp³-hybridized carbons (Fsp3) is 0.500. The van der Waals surface area contributed by atoms with Crippen LogP contribution in [-0.2, 0) is 0 Å². The van der Waals surface area contributed by atoms with E-state index in [0.29, 0.717) is 11.3 Å². The van der Waals surface area contributed by atoms with Crippen LogP contribution in [0.15, 0.2) is 12.1 Å². The van der Waals surface area contributed by atoms with Crippen molar-refractivity contribution in [3.63, 3.8) is 0 Å². The van der Waals surface area contributed by atoms with E-state index in [9.17, 15) is 4.39 Å². The van der Waals surface area contributed by atoms with E-state index in [2.05, 4.69) is 0 Å². The highest BCUT2D eigenvalue weighted by Crippen LogP contribution is 2.28. The molecule has 0 aliphatic heterocycles. The van der Waals surface area contributed by atoms with Crippen LogP contribution in [0.1, 0.15) is 36.8 Å². The molecule has 2 N–H and O–H groups in total. The van der Waals surface area contributed by atoms with Gasteiger partial charge in [0.15, 0.2) is 0 Å². The maximum absolute atomic E-state index is 13.8. The average molecular weight is 248 g/mol. The molecule has 4 heteroatoms. The van der Waals surface area contributed by atoms with Gasteiger partial charge in [-0.15, -0.1) is 0 Å². The fourth-order valence-electron chi connectivity index (χ4n) is 2.27. The lowest BCUT2D eigenvalue weighted by Crippen LogP contribution is -2.31. The first-order valence-electron chi connectivity index (χ1n) is 6.23. The number of nitrogens with zero attached hydrogens (tertiary/aromatic N) is 1. The number of nitriles is 1. The summed E-state index contributed by atoms with van der Waals surface area (Å²) in [6.45, 7) is 1.64. The van der Waals surface area contributed by atoms with Crippen molar-refractivity contribution < 1.29 is 9.13 Å². The Labute approximate surface area is 106 Å². The quantitative estimate of drug-likeness (QED) is 0.875. The first-order chi connectivity index (χ1) is 8.61. The van der Waals surface area contributed by atoms with E-state index in [1.54, 1.807) is 13.0 Å². The summed E-state index contributed by atoms with van der Waals surface area (Å²) in [5.74, 6) is 0.0504. The topological polar surface area (TPSA) is 59.0 Å². The molecule has 0 saturated heterocycles. The Balaban J connectivity index is 2.11. The van der Waals surface area contributed by atoms with Crippen molar-refractivity contribution in [2.75, 3.05) is 0 Å². The smallest absolute Gasteiger partial charge is 0.147 e. The standard InChI is InChI=1S/C14H17FN2O/c1-9-13(7-2-10(8-16)14(9)15)18-12-5-3-11(17)4-6-12/h2,7,11-12H,3-6,17H2,1H3. The molecule has 2 rings (SSSR count). The molecule has 1 aromatic rings. The number of rotatable bonds is 2. The number of ether oxygens (including phenoxy) is 1. The summed E-state index contributed by atoms with van der Waals surface area (Å²) in [5, 5.41) is 8.74. The number of nitrogens with two attached hydrogens (primary N) is 1. The van der Waals surface area contributed by atoms with Gasteiger partial charge in [0.1, 0.15) is 17.6 Å². The second-order valence-electron chi connectivity index (χ2n) is 4.82. The third kappa shape index (κ3) is 2.62. The fourth-order valence-corrected chi connectivity index (χ4v) is 2.27. The molecule has 1 aromatic carbocycles. The van der Waals surface area contributed by atoms with Gasteiger partial charge in [-0.1, -0.05) is 0 Å². The zero-order valence-corrected chi connectivity index (χ0v) is 10.4. The first kappa shape index (κ1) is 12.8. The zero-order valence-electron chi connectivity index (χ0n) is 10.4. The molecule has 1 fully saturated rings. The summed E-state index contributed by atoms with van der Waals surface area (Å²) in [7, 11) is 0. The highest BCUT2D eigenvalue weighted by atomic mass is 19.1. The van der Waals surface area contributed by atoms with Crippen molar-refractivity contribution in [2.24, 2.45) is 5.73 Å². The van der Waals surface area contributed by atoms with Crippen LogP contribution in [0.2, 0.25) is 0 Å². The van der Waals surface area contributed by atoms with E-state index < -0.39 is 5.82 Å². The third-order valence-corrected chi connectivity index (χ3v) is 3.47. The maximum Gasteiger partial charge on any atom is 0.147 e. The normalized spacial score (nSPS) is 23.4. The summed E-state index contributed by atoms with van der Waals surface area (Å²) < 4.78 is 19.6. The number of halogens is 1. The van der Waals surface area contributed by atoms with Crippen LogP contribution in [0.25, 0.3) is 0 Å². The first-order valence-corrected chi connectivity index (χ1v) is 6.23. The van der Waals surface area contributed by atoms with Crippen LogP contribution in [-0.4, -0.2) is 12.1 Å². The van der Waals surface area contributed by atoms with Gasteiger partial charge in [0.2, 0.25) is 0 Å². The molecule has 0 heterocycles. The van der Waals surface area contributed by atoms with Crippen LogP contribution >= 0.6 is 0 Å². The minimum atomic E-state index is -0.484. The van der Waals surface area contributed by atoms with Crippen molar-refractivity contribution >= 4 is 0 Å². The molecule has 0 atom stereocenters. The predicted octanol–water partition coefficient (Wildman–Crippen LogP) is 2.65. The van der Waals surface area contributed by atoms with Crippen molar-refractivity contribution in [1.29, 1.82) is 5.26 Å². The third-order valence-electron chi connectivity index (χ3n) is 3.47. The van der Waals surface area contributed by atoms with Gasteiger partial charge in [-0.25, -0.2) is 4.39 Å². The van der Waals surface area contributed by atoms with Gasteiger partial charge in [0.05, 0.1) is 11.7 Å². The Hall–Kier alpha value is -1.60. The summed E-state index contributed by atoms with van der Waals surface area (Å²) in [4.78, 5) is 0. The molecular weight excluding hydrogens is 231 g/mol. The molecule has 3 nitrogen and oxygen atoms in total. The van der Waals surface area contributed by atoms with Gasteiger partial charge in [0, 0.05) is 11.6 Å². The Kier molecular flexibility index (Phi) is 3.83. The number of hydrogen-bond donors (Lipinski definition) is 1. The molecular formula is C14H17FN2O. The van der Waals surface area contributed by atoms with Crippen LogP contribution in [0, 0.1) is 24.1 Å². The Morgan fingerprint density at radius 3 is 2.61 bits per heavy atom. The van der Waals surface area contributed by atoms with Gasteiger partial charge >= 0.3 is 0 Å². The van der Waals surface area contributed by atoms with E-state index in [0.717, 1.165) is 25.7 Å². The second-order valence-corrected chi connectivity index (χ2v) is 4.82. The zero-order chi connectivity index (χ0) is 13.1. The lowest BCUT2D eigenvalue weighted by atomic mass is 9.93. The summed E-state index contributed by atoms with van der Waals surface area (Å²) in [5.41, 5.74) is 6.30. The maximum atomic E-state index is 13.8.